The maximum atomic E-state index is 12.0. The number of hydrogen-bond acceptors (Lipinski definition) is 5. The van der Waals surface area contributed by atoms with Gasteiger partial charge in [0.05, 0.1) is 38.8 Å². The third-order valence-corrected chi connectivity index (χ3v) is 14.9. The Morgan fingerprint density at radius 1 is 0.447 bits per heavy atom. The molecule has 5 N–H and O–H groups in total. The molecule has 0 amide bonds. The van der Waals surface area contributed by atoms with Crippen LogP contribution in [0.5, 0.6) is 17.2 Å². The lowest BCUT2D eigenvalue weighted by Crippen LogP contribution is -2.14. The Balaban J connectivity index is 1.04. The van der Waals surface area contributed by atoms with Crippen molar-refractivity contribution in [1.82, 2.24) is 13.7 Å². The number of hydrogen-bond donors (Lipinski definition) is 4. The fraction of sp³-hybridized carbons (Fsp3) is 0.0448. The number of aromatic hydroxyl groups is 3. The number of fused-ring (bicyclic) bond motifs is 10. The van der Waals surface area contributed by atoms with Crippen molar-refractivity contribution in [3.63, 3.8) is 0 Å². The van der Waals surface area contributed by atoms with Gasteiger partial charge in [-0.1, -0.05) is 170 Å². The zero-order chi connectivity index (χ0) is 51.8. The number of anilines is 1. The molecular formula is C67H50N6O3. The van der Waals surface area contributed by atoms with Crippen LogP contribution >= 0.6 is 0 Å². The Bertz CT molecular complexity index is 4550. The van der Waals surface area contributed by atoms with Gasteiger partial charge in [-0.2, -0.15) is 0 Å². The van der Waals surface area contributed by atoms with Crippen LogP contribution < -0.4 is 5.73 Å². The molecule has 3 heterocycles. The van der Waals surface area contributed by atoms with E-state index in [-0.39, 0.29) is 23.7 Å². The predicted molar refractivity (Wildman–Crippen MR) is 314 cm³/mol. The first-order valence-corrected chi connectivity index (χ1v) is 25.3. The van der Waals surface area contributed by atoms with Gasteiger partial charge in [-0.25, -0.2) is 9.98 Å². The third kappa shape index (κ3) is 7.31. The summed E-state index contributed by atoms with van der Waals surface area (Å²) in [4.78, 5) is 10.9. The van der Waals surface area contributed by atoms with Crippen LogP contribution in [-0.2, 0) is 6.42 Å². The molecular weight excluding hydrogens is 937 g/mol. The van der Waals surface area contributed by atoms with Gasteiger partial charge in [0.25, 0.3) is 0 Å². The smallest absolute Gasteiger partial charge is 0.235 e. The molecule has 0 unspecified atom stereocenters. The molecule has 13 rings (SSSR count). The number of nitrogens with two attached hydrogens (primary N) is 1. The molecule has 10 aromatic carbocycles. The minimum atomic E-state index is 0.101. The number of allylic oxidation sites excluding steroid dienone is 1. The van der Waals surface area contributed by atoms with Gasteiger partial charge in [-0.3, -0.25) is 4.57 Å². The highest BCUT2D eigenvalue weighted by Gasteiger charge is 2.26. The number of aryl methyl sites for hydroxylation is 1. The summed E-state index contributed by atoms with van der Waals surface area (Å²) in [6.07, 6.45) is 0.159. The number of nitrogen functional groups attached to an aromatic ring is 1. The van der Waals surface area contributed by atoms with Crippen LogP contribution in [0.2, 0.25) is 0 Å². The maximum absolute atomic E-state index is 12.0. The molecule has 0 saturated heterocycles. The van der Waals surface area contributed by atoms with E-state index in [2.05, 4.69) is 89.4 Å². The van der Waals surface area contributed by atoms with Crippen molar-refractivity contribution in [2.45, 2.75) is 20.3 Å². The Morgan fingerprint density at radius 3 is 1.57 bits per heavy atom. The van der Waals surface area contributed by atoms with Gasteiger partial charge >= 0.3 is 0 Å². The van der Waals surface area contributed by atoms with Gasteiger partial charge in [0.1, 0.15) is 17.2 Å². The summed E-state index contributed by atoms with van der Waals surface area (Å²) in [5, 5.41) is 40.6. The first-order valence-electron chi connectivity index (χ1n) is 25.3. The fourth-order valence-corrected chi connectivity index (χ4v) is 11.4. The van der Waals surface area contributed by atoms with E-state index in [1.807, 2.05) is 139 Å². The summed E-state index contributed by atoms with van der Waals surface area (Å²) in [7, 11) is 0. The van der Waals surface area contributed by atoms with E-state index in [0.717, 1.165) is 99.1 Å². The van der Waals surface area contributed by atoms with E-state index < -0.39 is 0 Å². The second kappa shape index (κ2) is 18.1. The van der Waals surface area contributed by atoms with E-state index in [0.29, 0.717) is 39.7 Å². The average molecular weight is 987 g/mol. The lowest BCUT2D eigenvalue weighted by atomic mass is 9.92. The topological polar surface area (TPSA) is 126 Å². The summed E-state index contributed by atoms with van der Waals surface area (Å²) in [5.74, 6) is 0.754. The van der Waals surface area contributed by atoms with Crippen LogP contribution in [-0.4, -0.2) is 40.7 Å². The number of phenolic OH excluding ortho intramolecular Hbond substituents is 3. The molecule has 0 aliphatic rings. The Hall–Kier alpha value is -10.1. The van der Waals surface area contributed by atoms with Crippen molar-refractivity contribution in [3.8, 4) is 50.9 Å². The minimum absolute atomic E-state index is 0.101. The third-order valence-electron chi connectivity index (χ3n) is 14.9. The van der Waals surface area contributed by atoms with E-state index in [9.17, 15) is 15.3 Å². The summed E-state index contributed by atoms with van der Waals surface area (Å²) >= 11 is 0. The Labute approximate surface area is 437 Å². The normalized spacial score (nSPS) is 12.3. The van der Waals surface area contributed by atoms with E-state index in [4.69, 9.17) is 15.7 Å². The lowest BCUT2D eigenvalue weighted by Gasteiger charge is -2.17. The predicted octanol–water partition coefficient (Wildman–Crippen LogP) is 15.8. The van der Waals surface area contributed by atoms with E-state index in [1.165, 1.54) is 0 Å². The molecule has 0 bridgehead atoms. The van der Waals surface area contributed by atoms with Crippen molar-refractivity contribution in [3.05, 3.63) is 241 Å². The van der Waals surface area contributed by atoms with Crippen LogP contribution in [0.4, 0.5) is 5.69 Å². The lowest BCUT2D eigenvalue weighted by molar-refractivity contribution is 0.469. The highest BCUT2D eigenvalue weighted by atomic mass is 16.3. The Morgan fingerprint density at radius 2 is 0.934 bits per heavy atom. The van der Waals surface area contributed by atoms with Crippen molar-refractivity contribution in [2.75, 3.05) is 5.73 Å². The van der Waals surface area contributed by atoms with Crippen molar-refractivity contribution in [2.24, 2.45) is 9.98 Å². The number of rotatable bonds is 8. The van der Waals surface area contributed by atoms with Crippen LogP contribution in [0.3, 0.4) is 0 Å². The van der Waals surface area contributed by atoms with Gasteiger partial charge in [-0.15, -0.1) is 0 Å². The zero-order valence-corrected chi connectivity index (χ0v) is 41.8. The van der Waals surface area contributed by atoms with E-state index in [1.54, 1.807) is 18.2 Å². The van der Waals surface area contributed by atoms with Crippen molar-refractivity contribution < 1.29 is 15.3 Å². The van der Waals surface area contributed by atoms with Crippen LogP contribution in [0.25, 0.3) is 99.0 Å². The monoisotopic (exact) mass is 986 g/mol. The minimum Gasteiger partial charge on any atom is -0.508 e. The molecule has 0 radical (unpaired) electrons. The standard InChI is InChI=1S/C67H50N6O3/c1-40(39-56-49(23-14-28-58(56)74)48-35-36-53-51-25-15-29-59(75)63(51)71(61(53)41(48)2)46-19-9-5-10-20-46)69-67(70-42(3)43-31-33-45(34-32-43)44-17-7-4-8-18-44)73-62-50(24-13-27-57(62)68)54-37-38-55-52-26-16-30-60(76)64(52)72(65(55)66(54)73)47-21-11-6-12-22-47/h4-38,74-76H,1,39,68H2,2-3H3/b69-67?,70-42+. The van der Waals surface area contributed by atoms with Crippen LogP contribution in [0.15, 0.2) is 235 Å². The van der Waals surface area contributed by atoms with Gasteiger partial charge < -0.3 is 30.2 Å². The number of benzene rings is 10. The maximum Gasteiger partial charge on any atom is 0.235 e. The first-order chi connectivity index (χ1) is 37.1. The number of phenols is 3. The molecule has 3 aromatic heterocycles. The Kier molecular flexibility index (Phi) is 10.9. The molecule has 0 saturated carbocycles. The van der Waals surface area contributed by atoms with Gasteiger partial charge in [0.15, 0.2) is 0 Å². The van der Waals surface area contributed by atoms with Crippen molar-refractivity contribution in [1.29, 1.82) is 0 Å². The summed E-state index contributed by atoms with van der Waals surface area (Å²) in [6, 6.07) is 70.0. The fourth-order valence-electron chi connectivity index (χ4n) is 11.4. The quantitative estimate of drug-likeness (QED) is 0.0687. The number of nitrogens with zero attached hydrogens (tertiary/aromatic N) is 5. The van der Waals surface area contributed by atoms with Crippen LogP contribution in [0.1, 0.15) is 23.6 Å². The van der Waals surface area contributed by atoms with Gasteiger partial charge in [0, 0.05) is 67.1 Å². The molecule has 0 aliphatic carbocycles. The molecule has 0 atom stereocenters. The largest absolute Gasteiger partial charge is 0.508 e. The van der Waals surface area contributed by atoms with Gasteiger partial charge in [-0.05, 0) is 95.8 Å². The molecule has 0 spiro atoms. The number of aromatic nitrogens is 3. The number of aliphatic imine (C=N–C) groups is 2. The van der Waals surface area contributed by atoms with Crippen LogP contribution in [0, 0.1) is 6.92 Å². The summed E-state index contributed by atoms with van der Waals surface area (Å²) in [5.41, 5.74) is 21.7. The van der Waals surface area contributed by atoms with Gasteiger partial charge in [0.2, 0.25) is 5.96 Å². The molecule has 76 heavy (non-hydrogen) atoms. The molecule has 0 fully saturated rings. The molecule has 366 valence electrons. The molecule has 9 heteroatoms. The molecule has 13 aromatic rings. The zero-order valence-electron chi connectivity index (χ0n) is 41.8. The second-order valence-corrected chi connectivity index (χ2v) is 19.4. The highest BCUT2D eigenvalue weighted by molar-refractivity contribution is 6.28. The van der Waals surface area contributed by atoms with Crippen molar-refractivity contribution >= 4 is 82.8 Å². The second-order valence-electron chi connectivity index (χ2n) is 19.4. The number of para-hydroxylation sites is 5. The molecule has 0 aliphatic heterocycles. The summed E-state index contributed by atoms with van der Waals surface area (Å²) in [6.45, 7) is 8.72. The first kappa shape index (κ1) is 45.7. The summed E-state index contributed by atoms with van der Waals surface area (Å²) < 4.78 is 6.29. The average Bonchev–Trinajstić information content (AvgIpc) is 4.33. The highest BCUT2D eigenvalue weighted by Crippen LogP contribution is 2.45. The molecule has 9 nitrogen and oxygen atoms in total. The van der Waals surface area contributed by atoms with E-state index >= 15 is 0 Å². The SMILES string of the molecule is C=C(Cc1c(O)cccc1-c1ccc2c3cccc(O)c3n(-c3ccccc3)c2c1C)N=C(/N=C(\C)c1ccc(-c2ccccc2)cc1)n1c2c(N)cccc2c2ccc3c4cccc(O)c4n(-c4ccccc4)c3c21.